The minimum Gasteiger partial charge on any atom is -0.373 e. The molecular formula is C14H21N3O2. The minimum atomic E-state index is -0.707. The van der Waals surface area contributed by atoms with Crippen molar-refractivity contribution in [1.82, 2.24) is 5.32 Å². The van der Waals surface area contributed by atoms with Gasteiger partial charge < -0.3 is 16.4 Å². The van der Waals surface area contributed by atoms with E-state index in [9.17, 15) is 9.59 Å². The Morgan fingerprint density at radius 2 is 1.79 bits per heavy atom. The van der Waals surface area contributed by atoms with Crippen LogP contribution in [0.2, 0.25) is 0 Å². The number of hydrogen-bond donors (Lipinski definition) is 3. The molecule has 0 fully saturated rings. The second kappa shape index (κ2) is 6.78. The van der Waals surface area contributed by atoms with E-state index < -0.39 is 11.9 Å². The number of anilines is 1. The van der Waals surface area contributed by atoms with E-state index in [0.29, 0.717) is 0 Å². The lowest BCUT2D eigenvalue weighted by molar-refractivity contribution is -0.125. The number of rotatable bonds is 6. The summed E-state index contributed by atoms with van der Waals surface area (Å²) in [6.45, 7) is 5.71. The molecule has 0 aliphatic carbocycles. The van der Waals surface area contributed by atoms with Crippen LogP contribution in [0.1, 0.15) is 25.8 Å². The van der Waals surface area contributed by atoms with Gasteiger partial charge >= 0.3 is 0 Å². The van der Waals surface area contributed by atoms with Crippen LogP contribution < -0.4 is 16.4 Å². The predicted octanol–water partition coefficient (Wildman–Crippen LogP) is 1.18. The average molecular weight is 263 g/mol. The molecule has 0 heterocycles. The largest absolute Gasteiger partial charge is 0.373 e. The topological polar surface area (TPSA) is 84.2 Å². The van der Waals surface area contributed by atoms with E-state index in [1.165, 1.54) is 0 Å². The van der Waals surface area contributed by atoms with E-state index in [0.717, 1.165) is 11.3 Å². The zero-order valence-corrected chi connectivity index (χ0v) is 11.6. The van der Waals surface area contributed by atoms with Gasteiger partial charge in [-0.3, -0.25) is 9.59 Å². The highest BCUT2D eigenvalue weighted by atomic mass is 16.2. The highest BCUT2D eigenvalue weighted by molar-refractivity contribution is 5.89. The van der Waals surface area contributed by atoms with Crippen LogP contribution in [0.5, 0.6) is 0 Å². The Bertz CT molecular complexity index is 441. The smallest absolute Gasteiger partial charge is 0.240 e. The molecule has 0 bridgehead atoms. The first-order chi connectivity index (χ1) is 8.88. The van der Waals surface area contributed by atoms with Crippen LogP contribution in [0, 0.1) is 6.92 Å². The van der Waals surface area contributed by atoms with Crippen molar-refractivity contribution < 1.29 is 9.59 Å². The van der Waals surface area contributed by atoms with Crippen molar-refractivity contribution in [1.29, 1.82) is 0 Å². The van der Waals surface area contributed by atoms with E-state index in [-0.39, 0.29) is 18.4 Å². The fourth-order valence-electron chi connectivity index (χ4n) is 1.64. The van der Waals surface area contributed by atoms with Gasteiger partial charge in [-0.15, -0.1) is 0 Å². The molecule has 1 atom stereocenters. The van der Waals surface area contributed by atoms with E-state index in [4.69, 9.17) is 5.73 Å². The zero-order chi connectivity index (χ0) is 14.4. The number of nitrogens with two attached hydrogens (primary N) is 1. The van der Waals surface area contributed by atoms with E-state index in [2.05, 4.69) is 10.6 Å². The molecule has 104 valence electrons. The number of carbonyl (C=O) groups excluding carboxylic acids is 2. The lowest BCUT2D eigenvalue weighted by Crippen LogP contribution is -2.41. The molecule has 19 heavy (non-hydrogen) atoms. The van der Waals surface area contributed by atoms with Gasteiger partial charge in [-0.1, -0.05) is 17.7 Å². The first-order valence-corrected chi connectivity index (χ1v) is 6.30. The summed E-state index contributed by atoms with van der Waals surface area (Å²) < 4.78 is 0. The number of hydrogen-bond acceptors (Lipinski definition) is 3. The van der Waals surface area contributed by atoms with Gasteiger partial charge in [0.05, 0.1) is 6.42 Å². The Morgan fingerprint density at radius 1 is 1.21 bits per heavy atom. The summed E-state index contributed by atoms with van der Waals surface area (Å²) in [5.41, 5.74) is 7.21. The summed E-state index contributed by atoms with van der Waals surface area (Å²) in [4.78, 5) is 23.0. The third-order valence-electron chi connectivity index (χ3n) is 2.58. The summed E-state index contributed by atoms with van der Waals surface area (Å²) in [5, 5.41) is 5.71. The van der Waals surface area contributed by atoms with Crippen molar-refractivity contribution >= 4 is 17.5 Å². The molecule has 0 radical (unpaired) electrons. The fourth-order valence-corrected chi connectivity index (χ4v) is 1.64. The maximum atomic E-state index is 11.7. The zero-order valence-electron chi connectivity index (χ0n) is 11.6. The Kier molecular flexibility index (Phi) is 5.36. The normalized spacial score (nSPS) is 12.0. The van der Waals surface area contributed by atoms with E-state index in [1.807, 2.05) is 45.0 Å². The Balaban J connectivity index is 2.65. The molecule has 5 nitrogen and oxygen atoms in total. The monoisotopic (exact) mass is 263 g/mol. The van der Waals surface area contributed by atoms with Crippen molar-refractivity contribution in [2.75, 3.05) is 5.32 Å². The van der Waals surface area contributed by atoms with Gasteiger partial charge in [-0.05, 0) is 32.9 Å². The van der Waals surface area contributed by atoms with Crippen molar-refractivity contribution in [3.63, 3.8) is 0 Å². The van der Waals surface area contributed by atoms with Crippen LogP contribution in [-0.2, 0) is 9.59 Å². The van der Waals surface area contributed by atoms with E-state index in [1.54, 1.807) is 0 Å². The van der Waals surface area contributed by atoms with Gasteiger partial charge in [-0.25, -0.2) is 0 Å². The van der Waals surface area contributed by atoms with Gasteiger partial charge in [0.2, 0.25) is 11.8 Å². The van der Waals surface area contributed by atoms with Crippen molar-refractivity contribution in [2.24, 2.45) is 5.73 Å². The summed E-state index contributed by atoms with van der Waals surface area (Å²) in [6, 6.07) is 6.89. The van der Waals surface area contributed by atoms with Crippen LogP contribution in [0.15, 0.2) is 24.3 Å². The SMILES string of the molecule is Cc1ccc(NC(CC(=O)NC(C)C)C(N)=O)cc1. The summed E-state index contributed by atoms with van der Waals surface area (Å²) in [7, 11) is 0. The van der Waals surface area contributed by atoms with E-state index >= 15 is 0 Å². The van der Waals surface area contributed by atoms with Gasteiger partial charge in [0.15, 0.2) is 0 Å². The molecule has 1 rings (SSSR count). The molecule has 1 aromatic carbocycles. The average Bonchev–Trinajstić information content (AvgIpc) is 2.29. The minimum absolute atomic E-state index is 0.0292. The molecule has 0 saturated heterocycles. The van der Waals surface area contributed by atoms with Crippen LogP contribution >= 0.6 is 0 Å². The Labute approximate surface area is 113 Å². The Morgan fingerprint density at radius 3 is 2.26 bits per heavy atom. The maximum Gasteiger partial charge on any atom is 0.240 e. The number of nitrogens with one attached hydrogen (secondary N) is 2. The molecule has 5 heteroatoms. The lowest BCUT2D eigenvalue weighted by Gasteiger charge is -2.17. The second-order valence-corrected chi connectivity index (χ2v) is 4.89. The summed E-state index contributed by atoms with van der Waals surface area (Å²) in [5.74, 6) is -0.738. The molecule has 0 spiro atoms. The van der Waals surface area contributed by atoms with Crippen LogP contribution in [0.25, 0.3) is 0 Å². The summed E-state index contributed by atoms with van der Waals surface area (Å²) in [6.07, 6.45) is 0.0292. The second-order valence-electron chi connectivity index (χ2n) is 4.89. The molecule has 2 amide bonds. The summed E-state index contributed by atoms with van der Waals surface area (Å²) >= 11 is 0. The number of primary amides is 1. The third-order valence-corrected chi connectivity index (χ3v) is 2.58. The van der Waals surface area contributed by atoms with Crippen LogP contribution in [-0.4, -0.2) is 23.9 Å². The first kappa shape index (κ1) is 15.0. The quantitative estimate of drug-likeness (QED) is 0.720. The van der Waals surface area contributed by atoms with Crippen molar-refractivity contribution in [2.45, 2.75) is 39.3 Å². The maximum absolute atomic E-state index is 11.7. The fraction of sp³-hybridized carbons (Fsp3) is 0.429. The standard InChI is InChI=1S/C14H21N3O2/c1-9(2)16-13(18)8-12(14(15)19)17-11-6-4-10(3)5-7-11/h4-7,9,12,17H,8H2,1-3H3,(H2,15,19)(H,16,18). The van der Waals surface area contributed by atoms with Crippen molar-refractivity contribution in [3.05, 3.63) is 29.8 Å². The number of aryl methyl sites for hydroxylation is 1. The lowest BCUT2D eigenvalue weighted by atomic mass is 10.1. The van der Waals surface area contributed by atoms with Crippen molar-refractivity contribution in [3.8, 4) is 0 Å². The molecule has 1 unspecified atom stereocenters. The number of amides is 2. The van der Waals surface area contributed by atoms with Gasteiger partial charge in [0.25, 0.3) is 0 Å². The molecular weight excluding hydrogens is 242 g/mol. The van der Waals surface area contributed by atoms with Crippen LogP contribution in [0.3, 0.4) is 0 Å². The van der Waals surface area contributed by atoms with Gasteiger partial charge in [0, 0.05) is 11.7 Å². The molecule has 0 aliphatic heterocycles. The third kappa shape index (κ3) is 5.42. The van der Waals surface area contributed by atoms with Crippen LogP contribution in [0.4, 0.5) is 5.69 Å². The number of carbonyl (C=O) groups is 2. The highest BCUT2D eigenvalue weighted by Gasteiger charge is 2.19. The highest BCUT2D eigenvalue weighted by Crippen LogP contribution is 2.11. The molecule has 0 aliphatic rings. The predicted molar refractivity (Wildman–Crippen MR) is 75.7 cm³/mol. The molecule has 1 aromatic rings. The molecule has 0 aromatic heterocycles. The molecule has 0 saturated carbocycles. The first-order valence-electron chi connectivity index (χ1n) is 6.30. The Hall–Kier alpha value is -2.04. The molecule has 4 N–H and O–H groups in total. The van der Waals surface area contributed by atoms with Gasteiger partial charge in [0.1, 0.15) is 6.04 Å². The van der Waals surface area contributed by atoms with Gasteiger partial charge in [-0.2, -0.15) is 0 Å². The number of benzene rings is 1.